The molecular weight excluding hydrogens is 274 g/mol. The molecule has 0 aromatic carbocycles. The molecule has 1 aromatic rings. The van der Waals surface area contributed by atoms with Crippen molar-refractivity contribution in [3.63, 3.8) is 0 Å². The standard InChI is InChI=1S/C13H21N5O3/c1-9-11(14)12(16(2)15-9)13(20)18-6-4-17(5-7-18)10(19)8-21-3/h4-8,14H2,1-3H3. The molecule has 2 rings (SSSR count). The first-order valence-corrected chi connectivity index (χ1v) is 6.80. The summed E-state index contributed by atoms with van der Waals surface area (Å²) in [6.45, 7) is 3.82. The summed E-state index contributed by atoms with van der Waals surface area (Å²) in [5.74, 6) is -0.199. The molecule has 2 amide bonds. The highest BCUT2D eigenvalue weighted by Gasteiger charge is 2.28. The van der Waals surface area contributed by atoms with Gasteiger partial charge in [0, 0.05) is 40.3 Å². The number of amides is 2. The summed E-state index contributed by atoms with van der Waals surface area (Å²) < 4.78 is 6.34. The lowest BCUT2D eigenvalue weighted by Gasteiger charge is -2.34. The molecule has 1 saturated heterocycles. The van der Waals surface area contributed by atoms with E-state index in [4.69, 9.17) is 10.5 Å². The number of anilines is 1. The molecule has 0 bridgehead atoms. The van der Waals surface area contributed by atoms with Crippen molar-refractivity contribution in [1.29, 1.82) is 0 Å². The molecule has 0 radical (unpaired) electrons. The fraction of sp³-hybridized carbons (Fsp3) is 0.615. The van der Waals surface area contributed by atoms with E-state index < -0.39 is 0 Å². The van der Waals surface area contributed by atoms with Crippen LogP contribution >= 0.6 is 0 Å². The van der Waals surface area contributed by atoms with Crippen LogP contribution in [0.25, 0.3) is 0 Å². The number of rotatable bonds is 3. The zero-order chi connectivity index (χ0) is 15.6. The average Bonchev–Trinajstić information content (AvgIpc) is 2.72. The largest absolute Gasteiger partial charge is 0.395 e. The van der Waals surface area contributed by atoms with Crippen molar-refractivity contribution < 1.29 is 14.3 Å². The number of carbonyl (C=O) groups excluding carboxylic acids is 2. The molecule has 116 valence electrons. The second-order valence-electron chi connectivity index (χ2n) is 5.08. The quantitative estimate of drug-likeness (QED) is 0.791. The van der Waals surface area contributed by atoms with Crippen LogP contribution in [-0.4, -0.2) is 71.3 Å². The van der Waals surface area contributed by atoms with E-state index in [1.54, 1.807) is 23.8 Å². The van der Waals surface area contributed by atoms with Crippen LogP contribution < -0.4 is 5.73 Å². The van der Waals surface area contributed by atoms with E-state index in [-0.39, 0.29) is 18.4 Å². The maximum Gasteiger partial charge on any atom is 0.274 e. The van der Waals surface area contributed by atoms with Gasteiger partial charge >= 0.3 is 0 Å². The number of hydrogen-bond donors (Lipinski definition) is 1. The molecule has 1 aliphatic rings. The minimum atomic E-state index is -0.144. The molecule has 8 heteroatoms. The van der Waals surface area contributed by atoms with Crippen LogP contribution in [0.2, 0.25) is 0 Å². The summed E-state index contributed by atoms with van der Waals surface area (Å²) >= 11 is 0. The summed E-state index contributed by atoms with van der Waals surface area (Å²) in [6.07, 6.45) is 0. The van der Waals surface area contributed by atoms with Crippen molar-refractivity contribution in [2.24, 2.45) is 7.05 Å². The van der Waals surface area contributed by atoms with Crippen molar-refractivity contribution in [2.75, 3.05) is 45.6 Å². The van der Waals surface area contributed by atoms with Gasteiger partial charge in [-0.25, -0.2) is 0 Å². The predicted octanol–water partition coefficient (Wildman–Crippen LogP) is -0.758. The number of methoxy groups -OCH3 is 1. The molecular formula is C13H21N5O3. The van der Waals surface area contributed by atoms with Gasteiger partial charge in [-0.15, -0.1) is 0 Å². The van der Waals surface area contributed by atoms with E-state index in [9.17, 15) is 9.59 Å². The molecule has 1 aliphatic heterocycles. The van der Waals surface area contributed by atoms with Gasteiger partial charge in [-0.1, -0.05) is 0 Å². The van der Waals surface area contributed by atoms with Gasteiger partial charge in [0.25, 0.3) is 5.91 Å². The van der Waals surface area contributed by atoms with Crippen LogP contribution in [0.4, 0.5) is 5.69 Å². The Morgan fingerprint density at radius 3 is 2.29 bits per heavy atom. The minimum Gasteiger partial charge on any atom is -0.395 e. The van der Waals surface area contributed by atoms with Crippen molar-refractivity contribution >= 4 is 17.5 Å². The SMILES string of the molecule is COCC(=O)N1CCN(C(=O)c2c(N)c(C)nn2C)CC1. The highest BCUT2D eigenvalue weighted by Crippen LogP contribution is 2.18. The molecule has 0 spiro atoms. The van der Waals surface area contributed by atoms with E-state index in [0.717, 1.165) is 0 Å². The minimum absolute atomic E-state index is 0.0551. The van der Waals surface area contributed by atoms with Crippen LogP contribution in [0, 0.1) is 6.92 Å². The summed E-state index contributed by atoms with van der Waals surface area (Å²) in [7, 11) is 3.19. The smallest absolute Gasteiger partial charge is 0.274 e. The first-order valence-electron chi connectivity index (χ1n) is 6.80. The Morgan fingerprint density at radius 2 is 1.81 bits per heavy atom. The van der Waals surface area contributed by atoms with E-state index in [1.807, 2.05) is 0 Å². The molecule has 21 heavy (non-hydrogen) atoms. The summed E-state index contributed by atoms with van der Waals surface area (Å²) in [5, 5.41) is 4.16. The second-order valence-corrected chi connectivity index (χ2v) is 5.08. The van der Waals surface area contributed by atoms with Gasteiger partial charge in [0.2, 0.25) is 5.91 Å². The molecule has 1 aromatic heterocycles. The maximum absolute atomic E-state index is 12.5. The topological polar surface area (TPSA) is 93.7 Å². The Balaban J connectivity index is 2.02. The Labute approximate surface area is 123 Å². The molecule has 8 nitrogen and oxygen atoms in total. The zero-order valence-electron chi connectivity index (χ0n) is 12.6. The first-order chi connectivity index (χ1) is 9.95. The first kappa shape index (κ1) is 15.3. The number of nitrogens with two attached hydrogens (primary N) is 1. The Kier molecular flexibility index (Phi) is 4.46. The lowest BCUT2D eigenvalue weighted by molar-refractivity contribution is -0.136. The number of aryl methyl sites for hydroxylation is 2. The third-order valence-electron chi connectivity index (χ3n) is 3.66. The van der Waals surface area contributed by atoms with Crippen molar-refractivity contribution in [1.82, 2.24) is 19.6 Å². The summed E-state index contributed by atoms with van der Waals surface area (Å²) in [5.41, 5.74) is 7.39. The van der Waals surface area contributed by atoms with Gasteiger partial charge in [0.1, 0.15) is 12.3 Å². The van der Waals surface area contributed by atoms with Gasteiger partial charge in [0.05, 0.1) is 11.4 Å². The van der Waals surface area contributed by atoms with Crippen LogP contribution in [0.5, 0.6) is 0 Å². The van der Waals surface area contributed by atoms with Crippen molar-refractivity contribution in [2.45, 2.75) is 6.92 Å². The molecule has 0 atom stereocenters. The van der Waals surface area contributed by atoms with Crippen molar-refractivity contribution in [3.8, 4) is 0 Å². The Morgan fingerprint density at radius 1 is 1.24 bits per heavy atom. The number of nitrogens with zero attached hydrogens (tertiary/aromatic N) is 4. The summed E-state index contributed by atoms with van der Waals surface area (Å²) in [4.78, 5) is 27.6. The third-order valence-corrected chi connectivity index (χ3v) is 3.66. The van der Waals surface area contributed by atoms with Gasteiger partial charge in [-0.3, -0.25) is 14.3 Å². The number of piperazine rings is 1. The van der Waals surface area contributed by atoms with E-state index in [2.05, 4.69) is 5.10 Å². The summed E-state index contributed by atoms with van der Waals surface area (Å²) in [6, 6.07) is 0. The molecule has 0 saturated carbocycles. The highest BCUT2D eigenvalue weighted by molar-refractivity contribution is 5.98. The van der Waals surface area contributed by atoms with Gasteiger partial charge < -0.3 is 20.3 Å². The number of carbonyl (C=O) groups is 2. The fourth-order valence-electron chi connectivity index (χ4n) is 2.45. The molecule has 2 N–H and O–H groups in total. The Bertz CT molecular complexity index is 546. The normalized spacial score (nSPS) is 15.4. The number of nitrogen functional groups attached to an aromatic ring is 1. The van der Waals surface area contributed by atoms with E-state index in [1.165, 1.54) is 11.8 Å². The zero-order valence-corrected chi connectivity index (χ0v) is 12.6. The molecule has 0 aliphatic carbocycles. The van der Waals surface area contributed by atoms with Crippen LogP contribution in [0.3, 0.4) is 0 Å². The molecule has 1 fully saturated rings. The maximum atomic E-state index is 12.5. The van der Waals surface area contributed by atoms with E-state index >= 15 is 0 Å². The molecule has 2 heterocycles. The Hall–Kier alpha value is -2.09. The van der Waals surface area contributed by atoms with Crippen molar-refractivity contribution in [3.05, 3.63) is 11.4 Å². The second kappa shape index (κ2) is 6.13. The molecule has 0 unspecified atom stereocenters. The lowest BCUT2D eigenvalue weighted by Crippen LogP contribution is -2.51. The van der Waals surface area contributed by atoms with Gasteiger partial charge in [-0.05, 0) is 6.92 Å². The lowest BCUT2D eigenvalue weighted by atomic mass is 10.2. The monoisotopic (exact) mass is 295 g/mol. The van der Waals surface area contributed by atoms with E-state index in [0.29, 0.717) is 43.3 Å². The van der Waals surface area contributed by atoms with Gasteiger partial charge in [0.15, 0.2) is 0 Å². The van der Waals surface area contributed by atoms with Crippen LogP contribution in [0.15, 0.2) is 0 Å². The highest BCUT2D eigenvalue weighted by atomic mass is 16.5. The van der Waals surface area contributed by atoms with Crippen LogP contribution in [0.1, 0.15) is 16.2 Å². The number of hydrogen-bond acceptors (Lipinski definition) is 5. The third kappa shape index (κ3) is 2.99. The number of ether oxygens (including phenoxy) is 1. The predicted molar refractivity (Wildman–Crippen MR) is 76.7 cm³/mol. The van der Waals surface area contributed by atoms with Gasteiger partial charge in [-0.2, -0.15) is 5.10 Å². The fourth-order valence-corrected chi connectivity index (χ4v) is 2.45. The average molecular weight is 295 g/mol. The van der Waals surface area contributed by atoms with Crippen LogP contribution in [-0.2, 0) is 16.6 Å². The number of aromatic nitrogens is 2.